The highest BCUT2D eigenvalue weighted by atomic mass is 32.2. The monoisotopic (exact) mass is 344 g/mol. The lowest BCUT2D eigenvalue weighted by atomic mass is 10.1. The molecular weight excluding hydrogens is 327 g/mol. The van der Waals surface area contributed by atoms with Crippen LogP contribution in [0.2, 0.25) is 0 Å². The normalized spacial score (nSPS) is 10.8. The van der Waals surface area contributed by atoms with Crippen LogP contribution in [-0.2, 0) is 12.4 Å². The number of benzene rings is 2. The quantitative estimate of drug-likeness (QED) is 0.607. The highest BCUT2D eigenvalue weighted by molar-refractivity contribution is 7.98. The molecule has 24 heavy (non-hydrogen) atoms. The van der Waals surface area contributed by atoms with Crippen molar-refractivity contribution in [2.45, 2.75) is 31.4 Å². The zero-order chi connectivity index (χ0) is 16.9. The van der Waals surface area contributed by atoms with E-state index in [0.717, 1.165) is 16.9 Å². The number of ether oxygens (including phenoxy) is 1. The van der Waals surface area contributed by atoms with Gasteiger partial charge < -0.3 is 9.15 Å². The number of halogens is 1. The molecule has 0 amide bonds. The second kappa shape index (κ2) is 7.49. The molecule has 0 radical (unpaired) electrons. The molecule has 0 aliphatic rings. The lowest BCUT2D eigenvalue weighted by molar-refractivity contribution is 0.250. The number of hydrogen-bond donors (Lipinski definition) is 0. The third-order valence-corrected chi connectivity index (χ3v) is 4.32. The molecule has 3 rings (SSSR count). The topological polar surface area (TPSA) is 48.2 Å². The van der Waals surface area contributed by atoms with Crippen LogP contribution in [-0.4, -0.2) is 10.2 Å². The summed E-state index contributed by atoms with van der Waals surface area (Å²) in [4.78, 5) is 0. The fraction of sp³-hybridized carbons (Fsp3) is 0.222. The van der Waals surface area contributed by atoms with Gasteiger partial charge in [-0.25, -0.2) is 4.39 Å². The highest BCUT2D eigenvalue weighted by Crippen LogP contribution is 2.24. The molecule has 1 aromatic heterocycles. The molecule has 0 N–H and O–H groups in total. The first kappa shape index (κ1) is 16.5. The molecule has 1 heterocycles. The number of thioether (sulfide) groups is 1. The fourth-order valence-electron chi connectivity index (χ4n) is 2.11. The Kier molecular flexibility index (Phi) is 5.15. The van der Waals surface area contributed by atoms with Crippen molar-refractivity contribution in [2.24, 2.45) is 0 Å². The first-order valence-electron chi connectivity index (χ1n) is 7.50. The second-order valence-electron chi connectivity index (χ2n) is 5.40. The molecule has 4 nitrogen and oxygen atoms in total. The maximum absolute atomic E-state index is 13.6. The molecule has 0 spiro atoms. The Balaban J connectivity index is 1.57. The average Bonchev–Trinajstić information content (AvgIpc) is 3.03. The van der Waals surface area contributed by atoms with Gasteiger partial charge in [0.15, 0.2) is 6.61 Å². The van der Waals surface area contributed by atoms with E-state index in [9.17, 15) is 4.39 Å². The van der Waals surface area contributed by atoms with Gasteiger partial charge >= 0.3 is 0 Å². The van der Waals surface area contributed by atoms with Crippen LogP contribution in [0.1, 0.15) is 22.6 Å². The average molecular weight is 344 g/mol. The molecule has 0 atom stereocenters. The van der Waals surface area contributed by atoms with Gasteiger partial charge in [-0.05, 0) is 42.7 Å². The van der Waals surface area contributed by atoms with Gasteiger partial charge in [0.2, 0.25) is 0 Å². The zero-order valence-corrected chi connectivity index (χ0v) is 14.3. The van der Waals surface area contributed by atoms with Crippen molar-refractivity contribution in [2.75, 3.05) is 0 Å². The van der Waals surface area contributed by atoms with E-state index in [1.54, 1.807) is 18.2 Å². The SMILES string of the molecule is Cc1ccc(C)c(OCc2nnc(SCc3ccccc3F)o2)c1. The van der Waals surface area contributed by atoms with Crippen LogP contribution < -0.4 is 4.74 Å². The van der Waals surface area contributed by atoms with Crippen molar-refractivity contribution >= 4 is 11.8 Å². The van der Waals surface area contributed by atoms with Crippen molar-refractivity contribution in [1.82, 2.24) is 10.2 Å². The van der Waals surface area contributed by atoms with Crippen LogP contribution >= 0.6 is 11.8 Å². The fourth-order valence-corrected chi connectivity index (χ4v) is 2.88. The molecule has 0 aliphatic heterocycles. The number of rotatable bonds is 6. The summed E-state index contributed by atoms with van der Waals surface area (Å²) in [5.74, 6) is 1.40. The standard InChI is InChI=1S/C18H17FN2O2S/c1-12-7-8-13(2)16(9-12)22-10-17-20-21-18(23-17)24-11-14-5-3-4-6-15(14)19/h3-9H,10-11H2,1-2H3. The van der Waals surface area contributed by atoms with Crippen molar-refractivity contribution in [3.63, 3.8) is 0 Å². The van der Waals surface area contributed by atoms with E-state index in [1.807, 2.05) is 32.0 Å². The summed E-state index contributed by atoms with van der Waals surface area (Å²) in [7, 11) is 0. The minimum absolute atomic E-state index is 0.206. The molecule has 0 saturated carbocycles. The number of aryl methyl sites for hydroxylation is 2. The third-order valence-electron chi connectivity index (χ3n) is 3.45. The highest BCUT2D eigenvalue weighted by Gasteiger charge is 2.10. The smallest absolute Gasteiger partial charge is 0.277 e. The summed E-state index contributed by atoms with van der Waals surface area (Å²) in [6.07, 6.45) is 0. The molecule has 124 valence electrons. The zero-order valence-electron chi connectivity index (χ0n) is 13.5. The van der Waals surface area contributed by atoms with Crippen molar-refractivity contribution in [1.29, 1.82) is 0 Å². The van der Waals surface area contributed by atoms with Crippen molar-refractivity contribution in [3.8, 4) is 5.75 Å². The second-order valence-corrected chi connectivity index (χ2v) is 6.33. The molecule has 0 saturated heterocycles. The minimum Gasteiger partial charge on any atom is -0.484 e. The Morgan fingerprint density at radius 2 is 1.96 bits per heavy atom. The maximum Gasteiger partial charge on any atom is 0.277 e. The summed E-state index contributed by atoms with van der Waals surface area (Å²) in [5.41, 5.74) is 2.78. The summed E-state index contributed by atoms with van der Waals surface area (Å²) < 4.78 is 24.8. The van der Waals surface area contributed by atoms with E-state index < -0.39 is 0 Å². The van der Waals surface area contributed by atoms with Crippen LogP contribution in [0.15, 0.2) is 52.1 Å². The Labute approximate surface area is 144 Å². The lowest BCUT2D eigenvalue weighted by Gasteiger charge is -2.07. The van der Waals surface area contributed by atoms with Crippen molar-refractivity contribution in [3.05, 3.63) is 70.9 Å². The Bertz CT molecular complexity index is 835. The molecule has 3 aromatic rings. The number of hydrogen-bond acceptors (Lipinski definition) is 5. The van der Waals surface area contributed by atoms with Crippen LogP contribution in [0.4, 0.5) is 4.39 Å². The van der Waals surface area contributed by atoms with E-state index >= 15 is 0 Å². The van der Waals surface area contributed by atoms with Crippen LogP contribution in [0, 0.1) is 19.7 Å². The molecule has 6 heteroatoms. The minimum atomic E-state index is -0.233. The molecule has 0 aliphatic carbocycles. The Morgan fingerprint density at radius 3 is 2.79 bits per heavy atom. The first-order chi connectivity index (χ1) is 11.6. The number of nitrogens with zero attached hydrogens (tertiary/aromatic N) is 2. The third kappa shape index (κ3) is 4.14. The van der Waals surface area contributed by atoms with E-state index in [1.165, 1.54) is 17.8 Å². The van der Waals surface area contributed by atoms with Crippen LogP contribution in [0.3, 0.4) is 0 Å². The summed E-state index contributed by atoms with van der Waals surface area (Å²) in [6, 6.07) is 12.7. The summed E-state index contributed by atoms with van der Waals surface area (Å²) >= 11 is 1.30. The van der Waals surface area contributed by atoms with E-state index in [0.29, 0.717) is 22.4 Å². The number of aromatic nitrogens is 2. The molecule has 0 fully saturated rings. The maximum atomic E-state index is 13.6. The van der Waals surface area contributed by atoms with E-state index in [-0.39, 0.29) is 12.4 Å². The summed E-state index contributed by atoms with van der Waals surface area (Å²) in [6.45, 7) is 4.20. The van der Waals surface area contributed by atoms with Gasteiger partial charge in [0.05, 0.1) is 0 Å². The van der Waals surface area contributed by atoms with Crippen molar-refractivity contribution < 1.29 is 13.5 Å². The van der Waals surface area contributed by atoms with Gasteiger partial charge in [-0.2, -0.15) is 0 Å². The largest absolute Gasteiger partial charge is 0.484 e. The molecule has 2 aromatic carbocycles. The van der Waals surface area contributed by atoms with Crippen LogP contribution in [0.25, 0.3) is 0 Å². The van der Waals surface area contributed by atoms with Gasteiger partial charge in [0.1, 0.15) is 11.6 Å². The van der Waals surface area contributed by atoms with Gasteiger partial charge in [0, 0.05) is 5.75 Å². The van der Waals surface area contributed by atoms with Gasteiger partial charge in [0.25, 0.3) is 11.1 Å². The lowest BCUT2D eigenvalue weighted by Crippen LogP contribution is -1.97. The van der Waals surface area contributed by atoms with Gasteiger partial charge in [-0.15, -0.1) is 10.2 Å². The molecule has 0 bridgehead atoms. The summed E-state index contributed by atoms with van der Waals surface area (Å²) in [5, 5.41) is 8.32. The molecular formula is C18H17FN2O2S. The predicted molar refractivity (Wildman–Crippen MR) is 90.5 cm³/mol. The van der Waals surface area contributed by atoms with Gasteiger partial charge in [-0.1, -0.05) is 42.1 Å². The predicted octanol–water partition coefficient (Wildman–Crippen LogP) is 4.70. The van der Waals surface area contributed by atoms with E-state index in [4.69, 9.17) is 9.15 Å². The first-order valence-corrected chi connectivity index (χ1v) is 8.49. The Morgan fingerprint density at radius 1 is 1.12 bits per heavy atom. The molecule has 0 unspecified atom stereocenters. The van der Waals surface area contributed by atoms with Gasteiger partial charge in [-0.3, -0.25) is 0 Å². The van der Waals surface area contributed by atoms with Crippen LogP contribution in [0.5, 0.6) is 5.75 Å². The van der Waals surface area contributed by atoms with E-state index in [2.05, 4.69) is 10.2 Å². The Hall–Kier alpha value is -2.34.